The van der Waals surface area contributed by atoms with Crippen molar-refractivity contribution in [2.75, 3.05) is 25.0 Å². The minimum atomic E-state index is -0.505. The molecule has 1 fully saturated rings. The van der Waals surface area contributed by atoms with Crippen LogP contribution >= 0.6 is 0 Å². The molecule has 1 aliphatic carbocycles. The number of nitrogens with one attached hydrogen (secondary N) is 3. The minimum absolute atomic E-state index is 0.0178. The van der Waals surface area contributed by atoms with Crippen LogP contribution in [0.5, 0.6) is 0 Å². The number of fused-ring (bicyclic) bond motifs is 1. The summed E-state index contributed by atoms with van der Waals surface area (Å²) in [4.78, 5) is 60.2. The third kappa shape index (κ3) is 8.88. The summed E-state index contributed by atoms with van der Waals surface area (Å²) >= 11 is 0. The van der Waals surface area contributed by atoms with Crippen LogP contribution in [0.3, 0.4) is 0 Å². The molecule has 2 heterocycles. The molecule has 0 saturated carbocycles. The molecular formula is C43H49N5O4. The smallest absolute Gasteiger partial charge is 0.247 e. The maximum Gasteiger partial charge on any atom is 0.247 e. The Bertz CT molecular complexity index is 1950. The average Bonchev–Trinajstić information content (AvgIpc) is 3.59. The predicted octanol–water partition coefficient (Wildman–Crippen LogP) is 7.34. The van der Waals surface area contributed by atoms with Gasteiger partial charge in [0.1, 0.15) is 6.04 Å². The van der Waals surface area contributed by atoms with Gasteiger partial charge in [-0.3, -0.25) is 19.2 Å². The van der Waals surface area contributed by atoms with Crippen molar-refractivity contribution in [2.24, 2.45) is 0 Å². The van der Waals surface area contributed by atoms with E-state index in [2.05, 4.69) is 21.7 Å². The molecule has 1 aromatic heterocycles. The Kier molecular flexibility index (Phi) is 12.0. The number of carbonyl (C=O) groups is 4. The Morgan fingerprint density at radius 2 is 1.65 bits per heavy atom. The normalized spacial score (nSPS) is 16.4. The minimum Gasteiger partial charge on any atom is -0.355 e. The van der Waals surface area contributed by atoms with Crippen molar-refractivity contribution in [2.45, 2.75) is 77.2 Å². The van der Waals surface area contributed by atoms with Crippen LogP contribution in [0.2, 0.25) is 0 Å². The van der Waals surface area contributed by atoms with Crippen LogP contribution in [0.4, 0.5) is 5.69 Å². The second-order valence-corrected chi connectivity index (χ2v) is 13.8. The largest absolute Gasteiger partial charge is 0.355 e. The number of carbonyl (C=O) groups excluding carboxylic acids is 4. The van der Waals surface area contributed by atoms with Crippen LogP contribution in [0.1, 0.15) is 81.5 Å². The Hall–Kier alpha value is -5.44. The van der Waals surface area contributed by atoms with Crippen LogP contribution < -0.4 is 10.6 Å². The lowest BCUT2D eigenvalue weighted by atomic mass is 9.92. The number of anilines is 1. The molecule has 0 bridgehead atoms. The molecule has 2 atom stereocenters. The highest BCUT2D eigenvalue weighted by Crippen LogP contribution is 2.31. The molecule has 270 valence electrons. The Morgan fingerprint density at radius 1 is 0.885 bits per heavy atom. The lowest BCUT2D eigenvalue weighted by Crippen LogP contribution is -2.51. The van der Waals surface area contributed by atoms with Gasteiger partial charge in [0, 0.05) is 41.1 Å². The third-order valence-electron chi connectivity index (χ3n) is 10.1. The Balaban J connectivity index is 1.07. The molecule has 9 heteroatoms. The van der Waals surface area contributed by atoms with E-state index in [-0.39, 0.29) is 42.5 Å². The number of nitrogens with zero attached hydrogens (tertiary/aromatic N) is 2. The summed E-state index contributed by atoms with van der Waals surface area (Å²) in [5, 5.41) is 7.09. The van der Waals surface area contributed by atoms with Gasteiger partial charge in [0.15, 0.2) is 0 Å². The predicted molar refractivity (Wildman–Crippen MR) is 206 cm³/mol. The fourth-order valence-corrected chi connectivity index (χ4v) is 7.32. The van der Waals surface area contributed by atoms with E-state index in [1.807, 2.05) is 105 Å². The average molecular weight is 700 g/mol. The van der Waals surface area contributed by atoms with Crippen LogP contribution in [-0.2, 0) is 25.6 Å². The zero-order chi connectivity index (χ0) is 36.5. The van der Waals surface area contributed by atoms with Gasteiger partial charge in [-0.15, -0.1) is 0 Å². The van der Waals surface area contributed by atoms with E-state index in [4.69, 9.17) is 0 Å². The van der Waals surface area contributed by atoms with Crippen molar-refractivity contribution in [3.8, 4) is 0 Å². The van der Waals surface area contributed by atoms with Crippen LogP contribution in [0, 0.1) is 0 Å². The molecule has 2 unspecified atom stereocenters. The first-order valence-corrected chi connectivity index (χ1v) is 18.6. The van der Waals surface area contributed by atoms with Gasteiger partial charge in [0.05, 0.1) is 18.9 Å². The summed E-state index contributed by atoms with van der Waals surface area (Å²) < 4.78 is 0. The van der Waals surface area contributed by atoms with E-state index in [0.29, 0.717) is 38.0 Å². The van der Waals surface area contributed by atoms with E-state index in [0.717, 1.165) is 64.7 Å². The summed E-state index contributed by atoms with van der Waals surface area (Å²) in [6.07, 6.45) is 9.53. The number of benzene rings is 3. The first-order valence-electron chi connectivity index (χ1n) is 18.6. The topological polar surface area (TPSA) is 115 Å². The molecule has 0 spiro atoms. The number of likely N-dealkylation sites (tertiary alicyclic amines) is 1. The molecular weight excluding hydrogens is 651 g/mol. The molecule has 1 saturated heterocycles. The van der Waals surface area contributed by atoms with Gasteiger partial charge >= 0.3 is 0 Å². The van der Waals surface area contributed by atoms with Crippen molar-refractivity contribution < 1.29 is 19.2 Å². The number of rotatable bonds is 13. The van der Waals surface area contributed by atoms with Gasteiger partial charge in [-0.1, -0.05) is 80.6 Å². The van der Waals surface area contributed by atoms with Gasteiger partial charge in [-0.2, -0.15) is 0 Å². The molecule has 4 aromatic rings. The number of piperidine rings is 1. The highest BCUT2D eigenvalue weighted by atomic mass is 16.2. The monoisotopic (exact) mass is 699 g/mol. The summed E-state index contributed by atoms with van der Waals surface area (Å²) in [5.74, 6) is -0.652. The first-order chi connectivity index (χ1) is 25.3. The standard InChI is InChI=1S/C43H49N5O4/c1-3-24-47(41(50)26-30-13-7-5-8-14-30)29-40(49)44-34-20-18-32(19-21-34)38-28-33-27-35(22-23-37(33)46-38)45-42(51)39-17-11-12-25-48(39)43(52)36(4-2)31-15-9-6-10-16-31/h5-10,13-16,18,20,22-23,27-28,36,39,46H,3-4,11-12,17,19,21,24-26,29H2,1-2H3,(H,44,49)(H,45,51). The van der Waals surface area contributed by atoms with Gasteiger partial charge in [-0.25, -0.2) is 0 Å². The molecule has 4 amide bonds. The van der Waals surface area contributed by atoms with Crippen molar-refractivity contribution in [3.63, 3.8) is 0 Å². The van der Waals surface area contributed by atoms with Crippen LogP contribution in [-0.4, -0.2) is 64.1 Å². The molecule has 3 aromatic carbocycles. The molecule has 0 radical (unpaired) electrons. The summed E-state index contributed by atoms with van der Waals surface area (Å²) in [7, 11) is 0. The lowest BCUT2D eigenvalue weighted by molar-refractivity contribution is -0.141. The summed E-state index contributed by atoms with van der Waals surface area (Å²) in [5.41, 5.74) is 6.49. The van der Waals surface area contributed by atoms with Crippen LogP contribution in [0.15, 0.2) is 103 Å². The van der Waals surface area contributed by atoms with E-state index >= 15 is 0 Å². The molecule has 1 aliphatic heterocycles. The Labute approximate surface area is 306 Å². The van der Waals surface area contributed by atoms with Gasteiger partial charge in [-0.05, 0) is 92.0 Å². The number of aromatic nitrogens is 1. The summed E-state index contributed by atoms with van der Waals surface area (Å²) in [6.45, 7) is 5.16. The quantitative estimate of drug-likeness (QED) is 0.136. The van der Waals surface area contributed by atoms with Gasteiger partial charge in [0.25, 0.3) is 0 Å². The maximum atomic E-state index is 13.7. The maximum absolute atomic E-state index is 13.7. The fourth-order valence-electron chi connectivity index (χ4n) is 7.32. The SMILES string of the molecule is CCCN(CC(=O)NC1=CC=C(c2cc3cc(NC(=O)C4CCCCN4C(=O)C(CC)c4ccccc4)ccc3[nH]2)CC1)C(=O)Cc1ccccc1. The molecule has 52 heavy (non-hydrogen) atoms. The third-order valence-corrected chi connectivity index (χ3v) is 10.1. The van der Waals surface area contributed by atoms with Crippen molar-refractivity contribution in [1.82, 2.24) is 20.1 Å². The number of amides is 4. The highest BCUT2D eigenvalue weighted by molar-refractivity contribution is 6.00. The van der Waals surface area contributed by atoms with Crippen molar-refractivity contribution >= 4 is 45.8 Å². The number of allylic oxidation sites excluding steroid dienone is 4. The van der Waals surface area contributed by atoms with Crippen LogP contribution in [0.25, 0.3) is 16.5 Å². The molecule has 2 aliphatic rings. The number of hydrogen-bond donors (Lipinski definition) is 3. The fraction of sp³-hybridized carbons (Fsp3) is 0.349. The zero-order valence-electron chi connectivity index (χ0n) is 30.2. The summed E-state index contributed by atoms with van der Waals surface area (Å²) in [6, 6.07) is 26.8. The Morgan fingerprint density at radius 3 is 2.37 bits per heavy atom. The number of H-pyrrole nitrogens is 1. The molecule has 6 rings (SSSR count). The van der Waals surface area contributed by atoms with E-state index in [9.17, 15) is 19.2 Å². The molecule has 9 nitrogen and oxygen atoms in total. The van der Waals surface area contributed by atoms with Crippen molar-refractivity contribution in [3.05, 3.63) is 120 Å². The number of hydrogen-bond acceptors (Lipinski definition) is 4. The van der Waals surface area contributed by atoms with E-state index in [1.165, 1.54) is 0 Å². The second kappa shape index (κ2) is 17.2. The van der Waals surface area contributed by atoms with Gasteiger partial charge < -0.3 is 25.4 Å². The first kappa shape index (κ1) is 36.4. The van der Waals surface area contributed by atoms with E-state index < -0.39 is 6.04 Å². The zero-order valence-corrected chi connectivity index (χ0v) is 30.2. The number of aromatic amines is 1. The van der Waals surface area contributed by atoms with E-state index in [1.54, 1.807) is 9.80 Å². The molecule has 3 N–H and O–H groups in total. The lowest BCUT2D eigenvalue weighted by Gasteiger charge is -2.37. The highest BCUT2D eigenvalue weighted by Gasteiger charge is 2.35. The van der Waals surface area contributed by atoms with Crippen molar-refractivity contribution in [1.29, 1.82) is 0 Å². The second-order valence-electron chi connectivity index (χ2n) is 13.8. The van der Waals surface area contributed by atoms with Gasteiger partial charge in [0.2, 0.25) is 23.6 Å².